The molecule has 2 heterocycles. The highest BCUT2D eigenvalue weighted by Crippen LogP contribution is 2.27. The maximum Gasteiger partial charge on any atom is 0.348 e. The van der Waals surface area contributed by atoms with Crippen LogP contribution in [0.5, 0.6) is 0 Å². The summed E-state index contributed by atoms with van der Waals surface area (Å²) in [5.74, 6) is -0.866. The maximum absolute atomic E-state index is 12.8. The second kappa shape index (κ2) is 8.12. The van der Waals surface area contributed by atoms with Crippen LogP contribution in [-0.2, 0) is 16.1 Å². The second-order valence-electron chi connectivity index (χ2n) is 6.10. The number of amides is 1. The van der Waals surface area contributed by atoms with Gasteiger partial charge < -0.3 is 10.1 Å². The number of anilines is 1. The van der Waals surface area contributed by atoms with Crippen LogP contribution in [-0.4, -0.2) is 28.0 Å². The Morgan fingerprint density at radius 1 is 1.29 bits per heavy atom. The number of fused-ring (bicyclic) bond motifs is 1. The molecule has 3 rings (SSSR count). The van der Waals surface area contributed by atoms with Crippen molar-refractivity contribution >= 4 is 50.7 Å². The largest absolute Gasteiger partial charge is 0.462 e. The summed E-state index contributed by atoms with van der Waals surface area (Å²) < 4.78 is 6.23. The summed E-state index contributed by atoms with van der Waals surface area (Å²) >= 11 is 7.17. The predicted octanol–water partition coefficient (Wildman–Crippen LogP) is 3.54. The lowest BCUT2D eigenvalue weighted by Gasteiger charge is -2.10. The second-order valence-corrected chi connectivity index (χ2v) is 7.50. The lowest BCUT2D eigenvalue weighted by Crippen LogP contribution is -2.28. The quantitative estimate of drug-likeness (QED) is 0.639. The van der Waals surface area contributed by atoms with Gasteiger partial charge in [0.25, 0.3) is 5.56 Å². The van der Waals surface area contributed by atoms with Crippen molar-refractivity contribution in [2.45, 2.75) is 27.3 Å². The summed E-state index contributed by atoms with van der Waals surface area (Å²) in [6, 6.07) is 5.20. The van der Waals surface area contributed by atoms with Crippen molar-refractivity contribution in [1.82, 2.24) is 9.55 Å². The molecular weight excluding hydrogens is 402 g/mol. The van der Waals surface area contributed by atoms with Crippen LogP contribution in [0, 0.1) is 13.8 Å². The highest BCUT2D eigenvalue weighted by atomic mass is 35.5. The van der Waals surface area contributed by atoms with Gasteiger partial charge in [-0.1, -0.05) is 17.7 Å². The summed E-state index contributed by atoms with van der Waals surface area (Å²) in [7, 11) is 0. The van der Waals surface area contributed by atoms with E-state index in [9.17, 15) is 14.4 Å². The molecule has 7 nitrogen and oxygen atoms in total. The van der Waals surface area contributed by atoms with Gasteiger partial charge in [-0.05, 0) is 44.0 Å². The van der Waals surface area contributed by atoms with E-state index in [1.54, 1.807) is 39.0 Å². The normalized spacial score (nSPS) is 10.9. The number of thiophene rings is 1. The monoisotopic (exact) mass is 419 g/mol. The van der Waals surface area contributed by atoms with Crippen molar-refractivity contribution in [2.75, 3.05) is 11.9 Å². The fraction of sp³-hybridized carbons (Fsp3) is 0.263. The molecule has 1 aromatic carbocycles. The molecule has 1 amide bonds. The number of hydrogen-bond donors (Lipinski definition) is 1. The van der Waals surface area contributed by atoms with Crippen molar-refractivity contribution in [2.24, 2.45) is 0 Å². The molecule has 28 heavy (non-hydrogen) atoms. The van der Waals surface area contributed by atoms with Crippen LogP contribution in [0.3, 0.4) is 0 Å². The highest BCUT2D eigenvalue weighted by Gasteiger charge is 2.21. The van der Waals surface area contributed by atoms with Crippen molar-refractivity contribution in [3.8, 4) is 0 Å². The first-order valence-corrected chi connectivity index (χ1v) is 9.73. The Kier molecular flexibility index (Phi) is 5.81. The van der Waals surface area contributed by atoms with E-state index in [1.807, 2.05) is 0 Å². The molecule has 0 atom stereocenters. The molecule has 0 fully saturated rings. The van der Waals surface area contributed by atoms with E-state index in [2.05, 4.69) is 10.3 Å². The lowest BCUT2D eigenvalue weighted by molar-refractivity contribution is -0.116. The Morgan fingerprint density at radius 2 is 2.04 bits per heavy atom. The zero-order valence-electron chi connectivity index (χ0n) is 15.5. The topological polar surface area (TPSA) is 90.3 Å². The minimum atomic E-state index is -0.483. The molecule has 9 heteroatoms. The Morgan fingerprint density at radius 3 is 2.75 bits per heavy atom. The molecule has 3 aromatic rings. The van der Waals surface area contributed by atoms with Crippen LogP contribution in [0.4, 0.5) is 5.69 Å². The summed E-state index contributed by atoms with van der Waals surface area (Å²) in [5, 5.41) is 3.61. The van der Waals surface area contributed by atoms with Gasteiger partial charge in [0.05, 0.1) is 18.3 Å². The van der Waals surface area contributed by atoms with Crippen LogP contribution in [0.15, 0.2) is 29.3 Å². The molecule has 0 saturated heterocycles. The van der Waals surface area contributed by atoms with E-state index in [4.69, 9.17) is 16.3 Å². The van der Waals surface area contributed by atoms with Gasteiger partial charge in [0.2, 0.25) is 5.91 Å². The van der Waals surface area contributed by atoms with Gasteiger partial charge in [0.15, 0.2) is 0 Å². The average molecular weight is 420 g/mol. The van der Waals surface area contributed by atoms with E-state index >= 15 is 0 Å². The van der Waals surface area contributed by atoms with Crippen LogP contribution >= 0.6 is 22.9 Å². The third-order valence-corrected chi connectivity index (χ3v) is 5.82. The first kappa shape index (κ1) is 20.0. The number of aromatic nitrogens is 2. The smallest absolute Gasteiger partial charge is 0.348 e. The zero-order valence-corrected chi connectivity index (χ0v) is 17.1. The van der Waals surface area contributed by atoms with Gasteiger partial charge >= 0.3 is 5.97 Å². The maximum atomic E-state index is 12.8. The molecule has 0 aliphatic rings. The third kappa shape index (κ3) is 3.79. The number of carbonyl (C=O) groups excluding carboxylic acids is 2. The van der Waals surface area contributed by atoms with Gasteiger partial charge in [0, 0.05) is 10.7 Å². The summed E-state index contributed by atoms with van der Waals surface area (Å²) in [6.07, 6.45) is 1.31. The molecule has 0 radical (unpaired) electrons. The number of nitrogens with zero attached hydrogens (tertiary/aromatic N) is 2. The molecular formula is C19H18ClN3O4S. The van der Waals surface area contributed by atoms with Crippen LogP contribution in [0.25, 0.3) is 10.2 Å². The minimum Gasteiger partial charge on any atom is -0.462 e. The number of esters is 1. The lowest BCUT2D eigenvalue weighted by atomic mass is 10.2. The number of carbonyl (C=O) groups is 2. The highest BCUT2D eigenvalue weighted by molar-refractivity contribution is 7.20. The van der Waals surface area contributed by atoms with Gasteiger partial charge in [0.1, 0.15) is 16.3 Å². The van der Waals surface area contributed by atoms with Crippen molar-refractivity contribution in [1.29, 1.82) is 0 Å². The summed E-state index contributed by atoms with van der Waals surface area (Å²) in [4.78, 5) is 42.3. The molecule has 0 aliphatic heterocycles. The number of hydrogen-bond acceptors (Lipinski definition) is 6. The van der Waals surface area contributed by atoms with Crippen molar-refractivity contribution < 1.29 is 14.3 Å². The number of ether oxygens (including phenoxy) is 1. The van der Waals surface area contributed by atoms with Crippen molar-refractivity contribution in [3.63, 3.8) is 0 Å². The summed E-state index contributed by atoms with van der Waals surface area (Å²) in [6.45, 7) is 5.22. The number of benzene rings is 1. The minimum absolute atomic E-state index is 0.211. The predicted molar refractivity (Wildman–Crippen MR) is 109 cm³/mol. The molecule has 0 unspecified atom stereocenters. The zero-order chi connectivity index (χ0) is 20.4. The van der Waals surface area contributed by atoms with Crippen LogP contribution in [0.1, 0.15) is 27.7 Å². The fourth-order valence-corrected chi connectivity index (χ4v) is 3.96. The average Bonchev–Trinajstić information content (AvgIpc) is 2.99. The Labute approximate surface area is 169 Å². The SMILES string of the molecule is CCOC(=O)c1sc2ncn(CC(=O)Nc3cccc(Cl)c3C)c(=O)c2c1C. The van der Waals surface area contributed by atoms with Crippen molar-refractivity contribution in [3.05, 3.63) is 55.9 Å². The van der Waals surface area contributed by atoms with Gasteiger partial charge in [-0.25, -0.2) is 9.78 Å². The third-order valence-electron chi connectivity index (χ3n) is 4.23. The molecule has 2 aromatic heterocycles. The first-order valence-electron chi connectivity index (χ1n) is 8.54. The van der Waals surface area contributed by atoms with E-state index in [0.29, 0.717) is 31.4 Å². The number of nitrogens with one attached hydrogen (secondary N) is 1. The van der Waals surface area contributed by atoms with E-state index in [-0.39, 0.29) is 24.6 Å². The fourth-order valence-electron chi connectivity index (χ4n) is 2.75. The Balaban J connectivity index is 1.89. The van der Waals surface area contributed by atoms with Crippen LogP contribution < -0.4 is 10.9 Å². The van der Waals surface area contributed by atoms with E-state index in [0.717, 1.165) is 16.9 Å². The Bertz CT molecular complexity index is 1140. The standard InChI is InChI=1S/C19H18ClN3O4S/c1-4-27-19(26)16-11(3)15-17(28-16)21-9-23(18(15)25)8-14(24)22-13-7-5-6-12(20)10(13)2/h5-7,9H,4,8H2,1-3H3,(H,22,24). The van der Waals surface area contributed by atoms with E-state index in [1.165, 1.54) is 10.9 Å². The first-order chi connectivity index (χ1) is 13.3. The molecule has 146 valence electrons. The van der Waals surface area contributed by atoms with Crippen LogP contribution in [0.2, 0.25) is 5.02 Å². The summed E-state index contributed by atoms with van der Waals surface area (Å²) in [5.41, 5.74) is 1.45. The van der Waals surface area contributed by atoms with Gasteiger partial charge in [-0.15, -0.1) is 11.3 Å². The van der Waals surface area contributed by atoms with E-state index < -0.39 is 5.97 Å². The molecule has 0 aliphatic carbocycles. The van der Waals surface area contributed by atoms with Gasteiger partial charge in [-0.3, -0.25) is 14.2 Å². The molecule has 0 saturated carbocycles. The number of aryl methyl sites for hydroxylation is 1. The van der Waals surface area contributed by atoms with Gasteiger partial charge in [-0.2, -0.15) is 0 Å². The molecule has 0 spiro atoms. The molecule has 1 N–H and O–H groups in total. The number of halogens is 1. The number of rotatable bonds is 5. The molecule has 0 bridgehead atoms. The Hall–Kier alpha value is -2.71.